The fourth-order valence-electron chi connectivity index (χ4n) is 2.18. The van der Waals surface area contributed by atoms with Gasteiger partial charge in [0, 0.05) is 24.4 Å². The van der Waals surface area contributed by atoms with Crippen molar-refractivity contribution < 1.29 is 4.79 Å². The first-order chi connectivity index (χ1) is 7.24. The Morgan fingerprint density at radius 2 is 2.00 bits per heavy atom. The number of carbonyl (C=O) groups is 1. The van der Waals surface area contributed by atoms with Crippen LogP contribution in [-0.2, 0) is 4.79 Å². The fraction of sp³-hybridized carbons (Fsp3) is 0.917. The van der Waals surface area contributed by atoms with Crippen molar-refractivity contribution in [3.05, 3.63) is 0 Å². The van der Waals surface area contributed by atoms with Crippen LogP contribution in [0.1, 0.15) is 46.0 Å². The molecule has 0 radical (unpaired) electrons. The maximum Gasteiger partial charge on any atom is 0.225 e. The van der Waals surface area contributed by atoms with E-state index in [0.717, 1.165) is 25.7 Å². The van der Waals surface area contributed by atoms with Gasteiger partial charge in [-0.1, -0.05) is 20.3 Å². The molecule has 0 aromatic carbocycles. The van der Waals surface area contributed by atoms with Gasteiger partial charge in [-0.2, -0.15) is 0 Å². The summed E-state index contributed by atoms with van der Waals surface area (Å²) < 4.78 is 0. The molecule has 0 atom stereocenters. The van der Waals surface area contributed by atoms with E-state index in [1.54, 1.807) is 0 Å². The molecule has 0 heterocycles. The van der Waals surface area contributed by atoms with Crippen LogP contribution < -0.4 is 0 Å². The molecule has 0 bridgehead atoms. The molecule has 1 aliphatic rings. The summed E-state index contributed by atoms with van der Waals surface area (Å²) in [5.74, 6) is 1.19. The quantitative estimate of drug-likeness (QED) is 0.644. The Balaban J connectivity index is 2.57. The first-order valence-corrected chi connectivity index (χ1v) is 6.64. The highest BCUT2D eigenvalue weighted by molar-refractivity contribution is 6.18. The summed E-state index contributed by atoms with van der Waals surface area (Å²) in [7, 11) is 0. The largest absolute Gasteiger partial charge is 0.338 e. The number of amides is 1. The average Bonchev–Trinajstić information content (AvgIpc) is 2.15. The highest BCUT2D eigenvalue weighted by atomic mass is 35.5. The van der Waals surface area contributed by atoms with Crippen molar-refractivity contribution in [2.24, 2.45) is 5.92 Å². The molecule has 1 amide bonds. The number of rotatable bonds is 6. The van der Waals surface area contributed by atoms with Gasteiger partial charge in [0.15, 0.2) is 0 Å². The molecule has 0 spiro atoms. The monoisotopic (exact) mass is 231 g/mol. The third-order valence-corrected chi connectivity index (χ3v) is 3.62. The number of nitrogens with zero attached hydrogens (tertiary/aromatic N) is 1. The summed E-state index contributed by atoms with van der Waals surface area (Å²) in [6.45, 7) is 5.00. The van der Waals surface area contributed by atoms with Crippen molar-refractivity contribution in [1.82, 2.24) is 4.90 Å². The van der Waals surface area contributed by atoms with Crippen molar-refractivity contribution in [2.75, 3.05) is 12.4 Å². The summed E-state index contributed by atoms with van der Waals surface area (Å²) >= 11 is 5.77. The summed E-state index contributed by atoms with van der Waals surface area (Å²) in [6.07, 6.45) is 5.45. The molecule has 1 saturated carbocycles. The van der Waals surface area contributed by atoms with Gasteiger partial charge < -0.3 is 4.90 Å². The van der Waals surface area contributed by atoms with E-state index in [9.17, 15) is 4.79 Å². The lowest BCUT2D eigenvalue weighted by molar-refractivity contribution is -0.140. The molecule has 0 N–H and O–H groups in total. The van der Waals surface area contributed by atoms with Gasteiger partial charge >= 0.3 is 0 Å². The van der Waals surface area contributed by atoms with Gasteiger partial charge in [0.05, 0.1) is 0 Å². The Bertz CT molecular complexity index is 200. The van der Waals surface area contributed by atoms with Gasteiger partial charge in [-0.05, 0) is 25.7 Å². The Morgan fingerprint density at radius 1 is 1.40 bits per heavy atom. The molecule has 2 nitrogen and oxygen atoms in total. The van der Waals surface area contributed by atoms with E-state index >= 15 is 0 Å². The second kappa shape index (κ2) is 6.37. The molecule has 88 valence electrons. The van der Waals surface area contributed by atoms with Crippen LogP contribution in [0.5, 0.6) is 0 Å². The number of alkyl halides is 1. The van der Waals surface area contributed by atoms with Crippen LogP contribution in [0.25, 0.3) is 0 Å². The van der Waals surface area contributed by atoms with Crippen LogP contribution in [0.4, 0.5) is 0 Å². The molecule has 0 saturated heterocycles. The number of hydrogen-bond donors (Lipinski definition) is 0. The second-order valence-electron chi connectivity index (χ2n) is 4.32. The van der Waals surface area contributed by atoms with Crippen LogP contribution in [0.15, 0.2) is 0 Å². The topological polar surface area (TPSA) is 20.3 Å². The Morgan fingerprint density at radius 3 is 2.33 bits per heavy atom. The van der Waals surface area contributed by atoms with Crippen LogP contribution in [0.3, 0.4) is 0 Å². The minimum atomic E-state index is 0.300. The van der Waals surface area contributed by atoms with Gasteiger partial charge in [0.2, 0.25) is 5.91 Å². The van der Waals surface area contributed by atoms with E-state index in [1.807, 2.05) is 4.90 Å². The second-order valence-corrected chi connectivity index (χ2v) is 4.70. The van der Waals surface area contributed by atoms with Crippen molar-refractivity contribution in [1.29, 1.82) is 0 Å². The molecule has 15 heavy (non-hydrogen) atoms. The highest BCUT2D eigenvalue weighted by Gasteiger charge is 2.31. The molecular weight excluding hydrogens is 210 g/mol. The van der Waals surface area contributed by atoms with Gasteiger partial charge in [-0.3, -0.25) is 4.79 Å². The molecule has 1 rings (SSSR count). The number of halogens is 1. The minimum absolute atomic E-state index is 0.300. The van der Waals surface area contributed by atoms with Crippen molar-refractivity contribution in [3.63, 3.8) is 0 Å². The number of hydrogen-bond acceptors (Lipinski definition) is 1. The molecular formula is C12H22ClNO. The van der Waals surface area contributed by atoms with Crippen LogP contribution >= 0.6 is 11.6 Å². The molecule has 1 fully saturated rings. The zero-order chi connectivity index (χ0) is 11.3. The lowest BCUT2D eigenvalue weighted by Gasteiger charge is -2.36. The van der Waals surface area contributed by atoms with E-state index in [0.29, 0.717) is 30.3 Å². The lowest BCUT2D eigenvalue weighted by atomic mass is 9.84. The molecule has 0 aliphatic heterocycles. The van der Waals surface area contributed by atoms with Gasteiger partial charge in [-0.15, -0.1) is 11.6 Å². The predicted octanol–water partition coefficient (Wildman–Crippen LogP) is 3.04. The lowest BCUT2D eigenvalue weighted by Crippen LogP contribution is -2.45. The van der Waals surface area contributed by atoms with Crippen molar-refractivity contribution in [3.8, 4) is 0 Å². The average molecular weight is 232 g/mol. The standard InChI is InChI=1S/C12H22ClNO/c1-3-11(4-2)14(9-8-13)12(15)10-6-5-7-10/h10-11H,3-9H2,1-2H3. The van der Waals surface area contributed by atoms with Crippen LogP contribution in [-0.4, -0.2) is 29.3 Å². The zero-order valence-electron chi connectivity index (χ0n) is 9.84. The maximum atomic E-state index is 12.1. The summed E-state index contributed by atoms with van der Waals surface area (Å²) in [4.78, 5) is 14.2. The number of carbonyl (C=O) groups excluding carboxylic acids is 1. The van der Waals surface area contributed by atoms with E-state index in [1.165, 1.54) is 6.42 Å². The Labute approximate surface area is 98.0 Å². The molecule has 0 unspecified atom stereocenters. The fourth-order valence-corrected chi connectivity index (χ4v) is 2.37. The Hall–Kier alpha value is -0.240. The highest BCUT2D eigenvalue weighted by Crippen LogP contribution is 2.29. The smallest absolute Gasteiger partial charge is 0.225 e. The van der Waals surface area contributed by atoms with Gasteiger partial charge in [-0.25, -0.2) is 0 Å². The van der Waals surface area contributed by atoms with E-state index in [4.69, 9.17) is 11.6 Å². The van der Waals surface area contributed by atoms with E-state index in [2.05, 4.69) is 13.8 Å². The van der Waals surface area contributed by atoms with Gasteiger partial charge in [0.25, 0.3) is 0 Å². The van der Waals surface area contributed by atoms with Crippen LogP contribution in [0, 0.1) is 5.92 Å². The molecule has 0 aromatic heterocycles. The van der Waals surface area contributed by atoms with Crippen LogP contribution in [0.2, 0.25) is 0 Å². The first kappa shape index (κ1) is 12.8. The Kier molecular flexibility index (Phi) is 5.44. The summed E-state index contributed by atoms with van der Waals surface area (Å²) in [6, 6.07) is 0.386. The maximum absolute atomic E-state index is 12.1. The van der Waals surface area contributed by atoms with Crippen molar-refractivity contribution >= 4 is 17.5 Å². The van der Waals surface area contributed by atoms with E-state index < -0.39 is 0 Å². The van der Waals surface area contributed by atoms with Crippen molar-refractivity contribution in [2.45, 2.75) is 52.0 Å². The molecule has 1 aliphatic carbocycles. The van der Waals surface area contributed by atoms with Gasteiger partial charge in [0.1, 0.15) is 0 Å². The molecule has 3 heteroatoms. The predicted molar refractivity (Wildman–Crippen MR) is 64.1 cm³/mol. The third kappa shape index (κ3) is 3.10. The third-order valence-electron chi connectivity index (χ3n) is 3.45. The SMILES string of the molecule is CCC(CC)N(CCCl)C(=O)C1CCC1. The summed E-state index contributed by atoms with van der Waals surface area (Å²) in [5, 5.41) is 0. The van der Waals surface area contributed by atoms with E-state index in [-0.39, 0.29) is 0 Å². The summed E-state index contributed by atoms with van der Waals surface area (Å²) in [5.41, 5.74) is 0. The molecule has 0 aromatic rings. The first-order valence-electron chi connectivity index (χ1n) is 6.11. The minimum Gasteiger partial charge on any atom is -0.338 e. The normalized spacial score (nSPS) is 16.5. The zero-order valence-corrected chi connectivity index (χ0v) is 10.6.